The van der Waals surface area contributed by atoms with E-state index in [0.717, 1.165) is 18.4 Å². The van der Waals surface area contributed by atoms with Crippen LogP contribution in [0.1, 0.15) is 24.8 Å². The highest BCUT2D eigenvalue weighted by atomic mass is 35.5. The molecule has 96 valence electrons. The maximum absolute atomic E-state index is 11.4. The smallest absolute Gasteiger partial charge is 0.372 e. The number of carbonyl (C=O) groups excluding carboxylic acids is 1. The topological polar surface area (TPSA) is 63.6 Å². The minimum absolute atomic E-state index is 0.000957. The first-order valence-electron chi connectivity index (χ1n) is 5.59. The lowest BCUT2D eigenvalue weighted by atomic mass is 9.89. The van der Waals surface area contributed by atoms with Crippen molar-refractivity contribution in [3.8, 4) is 5.75 Å². The van der Waals surface area contributed by atoms with E-state index in [0.29, 0.717) is 10.8 Å². The van der Waals surface area contributed by atoms with Crippen LogP contribution in [0.3, 0.4) is 0 Å². The van der Waals surface area contributed by atoms with Gasteiger partial charge in [0.1, 0.15) is 5.75 Å². The number of carboxylic acids is 1. The molecule has 0 radical (unpaired) electrons. The number of rotatable bonds is 5. The van der Waals surface area contributed by atoms with Gasteiger partial charge in [-0.25, -0.2) is 4.79 Å². The fourth-order valence-electron chi connectivity index (χ4n) is 2.21. The highest BCUT2D eigenvalue weighted by molar-refractivity contribution is 6.33. The van der Waals surface area contributed by atoms with Gasteiger partial charge in [0.05, 0.1) is 12.1 Å². The molecular weight excluding hydrogens is 256 g/mol. The molecule has 0 bridgehead atoms. The minimum atomic E-state index is -1.39. The molecule has 0 atom stereocenters. The van der Waals surface area contributed by atoms with Crippen LogP contribution in [0.15, 0.2) is 18.2 Å². The Hall–Kier alpha value is -1.55. The molecule has 1 saturated carbocycles. The number of carboxylic acid groups (broad SMARTS) is 1. The lowest BCUT2D eigenvalue weighted by Crippen LogP contribution is -2.21. The molecule has 0 heterocycles. The highest BCUT2D eigenvalue weighted by Gasteiger charge is 2.48. The van der Waals surface area contributed by atoms with Crippen LogP contribution in [0.25, 0.3) is 0 Å². The molecule has 4 nitrogen and oxygen atoms in total. The molecule has 0 aromatic heterocycles. The van der Waals surface area contributed by atoms with Gasteiger partial charge in [0, 0.05) is 17.4 Å². The van der Waals surface area contributed by atoms with E-state index in [1.807, 2.05) is 6.07 Å². The van der Waals surface area contributed by atoms with E-state index in [2.05, 4.69) is 0 Å². The van der Waals surface area contributed by atoms with Crippen molar-refractivity contribution in [1.29, 1.82) is 0 Å². The summed E-state index contributed by atoms with van der Waals surface area (Å²) in [6.07, 6.45) is 1.56. The van der Waals surface area contributed by atoms with Gasteiger partial charge in [-0.1, -0.05) is 23.7 Å². The van der Waals surface area contributed by atoms with Crippen molar-refractivity contribution >= 4 is 23.4 Å². The molecule has 1 aromatic carbocycles. The third-order valence-corrected chi connectivity index (χ3v) is 3.63. The van der Waals surface area contributed by atoms with E-state index in [1.54, 1.807) is 12.1 Å². The van der Waals surface area contributed by atoms with Gasteiger partial charge in [-0.2, -0.15) is 0 Å². The van der Waals surface area contributed by atoms with Crippen molar-refractivity contribution in [3.63, 3.8) is 0 Å². The van der Waals surface area contributed by atoms with Crippen LogP contribution in [0, 0.1) is 0 Å². The number of halogens is 1. The molecule has 0 aliphatic heterocycles. The first kappa shape index (κ1) is 12.9. The summed E-state index contributed by atoms with van der Waals surface area (Å²) in [5.41, 5.74) is 0.415. The van der Waals surface area contributed by atoms with Gasteiger partial charge in [-0.05, 0) is 18.9 Å². The molecule has 5 heteroatoms. The number of carbonyl (C=O) groups is 2. The summed E-state index contributed by atoms with van der Waals surface area (Å²) >= 11 is 6.04. The minimum Gasteiger partial charge on any atom is -0.495 e. The van der Waals surface area contributed by atoms with Crippen molar-refractivity contribution < 1.29 is 19.4 Å². The van der Waals surface area contributed by atoms with E-state index >= 15 is 0 Å². The Morgan fingerprint density at radius 1 is 1.44 bits per heavy atom. The molecule has 1 N–H and O–H groups in total. The Morgan fingerprint density at radius 2 is 2.11 bits per heavy atom. The summed E-state index contributed by atoms with van der Waals surface area (Å²) in [4.78, 5) is 22.0. The van der Waals surface area contributed by atoms with Crippen molar-refractivity contribution in [2.75, 3.05) is 7.11 Å². The van der Waals surface area contributed by atoms with Gasteiger partial charge in [-0.3, -0.25) is 4.79 Å². The Labute approximate surface area is 110 Å². The summed E-state index contributed by atoms with van der Waals surface area (Å²) in [5.74, 6) is -1.62. The Kier molecular flexibility index (Phi) is 3.30. The van der Waals surface area contributed by atoms with Gasteiger partial charge >= 0.3 is 5.97 Å². The van der Waals surface area contributed by atoms with Gasteiger partial charge in [-0.15, -0.1) is 0 Å². The number of aliphatic carboxylic acids is 1. The highest BCUT2D eigenvalue weighted by Crippen LogP contribution is 2.55. The number of benzene rings is 1. The van der Waals surface area contributed by atoms with Gasteiger partial charge in [0.15, 0.2) is 0 Å². The molecule has 1 fully saturated rings. The molecule has 0 unspecified atom stereocenters. The summed E-state index contributed by atoms with van der Waals surface area (Å²) in [6, 6.07) is 5.33. The molecule has 0 amide bonds. The van der Waals surface area contributed by atoms with Crippen LogP contribution < -0.4 is 4.74 Å². The van der Waals surface area contributed by atoms with Crippen LogP contribution in [0.5, 0.6) is 5.75 Å². The third kappa shape index (κ3) is 2.20. The van der Waals surface area contributed by atoms with E-state index in [4.69, 9.17) is 21.4 Å². The molecule has 2 rings (SSSR count). The third-order valence-electron chi connectivity index (χ3n) is 3.33. The number of hydrogen-bond donors (Lipinski definition) is 1. The van der Waals surface area contributed by atoms with Crippen LogP contribution in [-0.4, -0.2) is 24.0 Å². The molecule has 1 aromatic rings. The second-order valence-corrected chi connectivity index (χ2v) is 4.91. The lowest BCUT2D eigenvalue weighted by molar-refractivity contribution is -0.149. The number of hydrogen-bond acceptors (Lipinski definition) is 3. The lowest BCUT2D eigenvalue weighted by Gasteiger charge is -2.18. The van der Waals surface area contributed by atoms with E-state index in [-0.39, 0.29) is 6.42 Å². The normalized spacial score (nSPS) is 16.1. The largest absolute Gasteiger partial charge is 0.495 e. The second kappa shape index (κ2) is 4.61. The SMILES string of the molecule is COc1c(Cl)cccc1C1(CC(=O)C(=O)O)CC1. The predicted octanol–water partition coefficient (Wildman–Crippen LogP) is 2.42. The van der Waals surface area contributed by atoms with Crippen molar-refractivity contribution in [2.24, 2.45) is 0 Å². The zero-order valence-electron chi connectivity index (χ0n) is 9.90. The van der Waals surface area contributed by atoms with Crippen LogP contribution in [0.2, 0.25) is 5.02 Å². The Balaban J connectivity index is 2.34. The number of ketones is 1. The first-order valence-corrected chi connectivity index (χ1v) is 5.97. The number of Topliss-reactive ketones (excluding diaryl/α,β-unsaturated/α-hetero) is 1. The molecule has 0 saturated heterocycles. The zero-order valence-corrected chi connectivity index (χ0v) is 10.7. The van der Waals surface area contributed by atoms with Gasteiger partial charge in [0.25, 0.3) is 0 Å². The fourth-order valence-corrected chi connectivity index (χ4v) is 2.46. The molecule has 18 heavy (non-hydrogen) atoms. The Bertz CT molecular complexity index is 506. The van der Waals surface area contributed by atoms with Crippen molar-refractivity contribution in [2.45, 2.75) is 24.7 Å². The summed E-state index contributed by atoms with van der Waals surface area (Å²) in [6.45, 7) is 0. The average Bonchev–Trinajstić information content (AvgIpc) is 3.09. The predicted molar refractivity (Wildman–Crippen MR) is 66.2 cm³/mol. The zero-order chi connectivity index (χ0) is 13.3. The quantitative estimate of drug-likeness (QED) is 0.833. The number of ether oxygens (including phenoxy) is 1. The average molecular weight is 269 g/mol. The van der Waals surface area contributed by atoms with Crippen molar-refractivity contribution in [3.05, 3.63) is 28.8 Å². The van der Waals surface area contributed by atoms with Crippen LogP contribution >= 0.6 is 11.6 Å². The van der Waals surface area contributed by atoms with Gasteiger partial charge in [0.2, 0.25) is 5.78 Å². The second-order valence-electron chi connectivity index (χ2n) is 4.51. The summed E-state index contributed by atoms with van der Waals surface area (Å²) in [7, 11) is 1.51. The fraction of sp³-hybridized carbons (Fsp3) is 0.385. The van der Waals surface area contributed by atoms with E-state index < -0.39 is 17.2 Å². The summed E-state index contributed by atoms with van der Waals surface area (Å²) < 4.78 is 5.25. The van der Waals surface area contributed by atoms with E-state index in [9.17, 15) is 9.59 Å². The maximum atomic E-state index is 11.4. The standard InChI is InChI=1S/C13H13ClO4/c1-18-11-8(3-2-4-9(11)14)13(5-6-13)7-10(15)12(16)17/h2-4H,5-7H2,1H3,(H,16,17). The molecule has 0 spiro atoms. The molecular formula is C13H13ClO4. The number of methoxy groups -OCH3 is 1. The first-order chi connectivity index (χ1) is 8.50. The van der Waals surface area contributed by atoms with Gasteiger partial charge < -0.3 is 9.84 Å². The summed E-state index contributed by atoms with van der Waals surface area (Å²) in [5, 5.41) is 9.17. The molecule has 1 aliphatic carbocycles. The Morgan fingerprint density at radius 3 is 2.61 bits per heavy atom. The monoisotopic (exact) mass is 268 g/mol. The maximum Gasteiger partial charge on any atom is 0.372 e. The molecule has 1 aliphatic rings. The number of para-hydroxylation sites is 1. The van der Waals surface area contributed by atoms with E-state index in [1.165, 1.54) is 7.11 Å². The van der Waals surface area contributed by atoms with Crippen molar-refractivity contribution in [1.82, 2.24) is 0 Å². The van der Waals surface area contributed by atoms with Crippen LogP contribution in [0.4, 0.5) is 0 Å². The van der Waals surface area contributed by atoms with Crippen LogP contribution in [-0.2, 0) is 15.0 Å².